The van der Waals surface area contributed by atoms with Crippen molar-refractivity contribution >= 4 is 0 Å². The fourth-order valence-corrected chi connectivity index (χ4v) is 3.44. The van der Waals surface area contributed by atoms with Gasteiger partial charge in [-0.3, -0.25) is 11.3 Å². The van der Waals surface area contributed by atoms with Gasteiger partial charge in [-0.15, -0.1) is 0 Å². The molecule has 1 aliphatic heterocycles. The van der Waals surface area contributed by atoms with E-state index in [1.807, 2.05) is 6.07 Å². The predicted octanol–water partition coefficient (Wildman–Crippen LogP) is 2.93. The van der Waals surface area contributed by atoms with E-state index >= 15 is 0 Å². The number of nitrogens with one attached hydrogen (secondary N) is 1. The summed E-state index contributed by atoms with van der Waals surface area (Å²) in [6.45, 7) is 8.24. The van der Waals surface area contributed by atoms with E-state index in [1.54, 1.807) is 6.07 Å². The third-order valence-corrected chi connectivity index (χ3v) is 4.26. The summed E-state index contributed by atoms with van der Waals surface area (Å²) in [4.78, 5) is 0. The molecule has 2 rings (SSSR count). The van der Waals surface area contributed by atoms with Crippen LogP contribution in [0.15, 0.2) is 18.2 Å². The summed E-state index contributed by atoms with van der Waals surface area (Å²) in [5.74, 6) is 5.75. The molecule has 5 heteroatoms. The molecule has 0 saturated carbocycles. The molecular weight excluding hydrogens is 271 g/mol. The Kier molecular flexibility index (Phi) is 4.29. The summed E-state index contributed by atoms with van der Waals surface area (Å²) in [7, 11) is 1.45. The fraction of sp³-hybridized carbons (Fsp3) is 0.625. The summed E-state index contributed by atoms with van der Waals surface area (Å²) >= 11 is 0. The van der Waals surface area contributed by atoms with Crippen molar-refractivity contribution in [3.05, 3.63) is 29.6 Å². The fourth-order valence-electron chi connectivity index (χ4n) is 3.44. The van der Waals surface area contributed by atoms with E-state index in [0.29, 0.717) is 0 Å². The monoisotopic (exact) mass is 296 g/mol. The van der Waals surface area contributed by atoms with E-state index in [4.69, 9.17) is 15.3 Å². The van der Waals surface area contributed by atoms with Gasteiger partial charge in [0.1, 0.15) is 0 Å². The first-order valence-electron chi connectivity index (χ1n) is 7.20. The third kappa shape index (κ3) is 3.20. The first kappa shape index (κ1) is 16.2. The molecule has 0 bridgehead atoms. The van der Waals surface area contributed by atoms with Crippen LogP contribution < -0.4 is 16.0 Å². The van der Waals surface area contributed by atoms with Crippen LogP contribution in [0.5, 0.6) is 5.75 Å². The minimum absolute atomic E-state index is 0.144. The Hall–Kier alpha value is -1.17. The van der Waals surface area contributed by atoms with E-state index < -0.39 is 0 Å². The van der Waals surface area contributed by atoms with Crippen LogP contribution in [-0.4, -0.2) is 18.3 Å². The number of benzene rings is 1. The lowest BCUT2D eigenvalue weighted by molar-refractivity contribution is -0.0779. The Labute approximate surface area is 125 Å². The molecule has 0 spiro atoms. The molecule has 1 fully saturated rings. The van der Waals surface area contributed by atoms with Crippen LogP contribution in [0, 0.1) is 11.7 Å². The van der Waals surface area contributed by atoms with E-state index in [1.165, 1.54) is 13.2 Å². The Morgan fingerprint density at radius 3 is 2.48 bits per heavy atom. The van der Waals surface area contributed by atoms with Gasteiger partial charge in [-0.1, -0.05) is 6.07 Å². The number of ether oxygens (including phenoxy) is 2. The highest BCUT2D eigenvalue weighted by Crippen LogP contribution is 2.47. The Morgan fingerprint density at radius 1 is 1.38 bits per heavy atom. The van der Waals surface area contributed by atoms with Gasteiger partial charge in [0.15, 0.2) is 11.6 Å². The number of methoxy groups -OCH3 is 1. The molecule has 0 radical (unpaired) electrons. The minimum Gasteiger partial charge on any atom is -0.494 e. The van der Waals surface area contributed by atoms with Gasteiger partial charge in [-0.05, 0) is 51.8 Å². The first-order chi connectivity index (χ1) is 9.70. The van der Waals surface area contributed by atoms with Crippen molar-refractivity contribution in [1.29, 1.82) is 0 Å². The molecule has 4 nitrogen and oxygen atoms in total. The zero-order valence-electron chi connectivity index (χ0n) is 13.4. The summed E-state index contributed by atoms with van der Waals surface area (Å²) in [5.41, 5.74) is 3.08. The highest BCUT2D eigenvalue weighted by atomic mass is 19.1. The maximum Gasteiger partial charge on any atom is 0.165 e. The molecule has 3 N–H and O–H groups in total. The van der Waals surface area contributed by atoms with E-state index in [9.17, 15) is 4.39 Å². The van der Waals surface area contributed by atoms with Crippen molar-refractivity contribution in [2.24, 2.45) is 11.8 Å². The Balaban J connectivity index is 2.34. The lowest BCUT2D eigenvalue weighted by Crippen LogP contribution is -2.41. The maximum absolute atomic E-state index is 14.0. The van der Waals surface area contributed by atoms with Gasteiger partial charge in [-0.2, -0.15) is 0 Å². The molecule has 2 atom stereocenters. The molecule has 1 aliphatic rings. The number of halogens is 1. The smallest absolute Gasteiger partial charge is 0.165 e. The second kappa shape index (κ2) is 5.55. The zero-order valence-corrected chi connectivity index (χ0v) is 13.4. The van der Waals surface area contributed by atoms with Crippen molar-refractivity contribution in [1.82, 2.24) is 5.43 Å². The number of hydrazine groups is 1. The van der Waals surface area contributed by atoms with Crippen LogP contribution in [0.2, 0.25) is 0 Å². The highest BCUT2D eigenvalue weighted by molar-refractivity contribution is 5.32. The van der Waals surface area contributed by atoms with Crippen LogP contribution in [0.3, 0.4) is 0 Å². The van der Waals surface area contributed by atoms with Crippen LogP contribution in [0.1, 0.15) is 45.7 Å². The van der Waals surface area contributed by atoms with Gasteiger partial charge in [0.25, 0.3) is 0 Å². The molecule has 0 amide bonds. The van der Waals surface area contributed by atoms with Crippen LogP contribution in [-0.2, 0) is 4.74 Å². The Morgan fingerprint density at radius 2 is 2.05 bits per heavy atom. The van der Waals surface area contributed by atoms with E-state index in [-0.39, 0.29) is 34.7 Å². The van der Waals surface area contributed by atoms with Crippen molar-refractivity contribution in [3.8, 4) is 5.75 Å². The average molecular weight is 296 g/mol. The summed E-state index contributed by atoms with van der Waals surface area (Å²) < 4.78 is 25.0. The van der Waals surface area contributed by atoms with Gasteiger partial charge >= 0.3 is 0 Å². The van der Waals surface area contributed by atoms with Crippen molar-refractivity contribution in [2.45, 2.75) is 51.4 Å². The quantitative estimate of drug-likeness (QED) is 0.662. The largest absolute Gasteiger partial charge is 0.494 e. The predicted molar refractivity (Wildman–Crippen MR) is 80.4 cm³/mol. The number of hydrogen-bond donors (Lipinski definition) is 2. The molecule has 1 saturated heterocycles. The number of nitrogens with two attached hydrogens (primary N) is 1. The molecule has 1 aromatic rings. The SMILES string of the molecule is COc1ccc(C(NN)C2CC(C)(C)OC2(C)C)cc1F. The van der Waals surface area contributed by atoms with Gasteiger partial charge in [0.05, 0.1) is 24.4 Å². The summed E-state index contributed by atoms with van der Waals surface area (Å²) in [5, 5.41) is 0. The molecule has 1 aromatic carbocycles. The van der Waals surface area contributed by atoms with E-state index in [2.05, 4.69) is 33.1 Å². The van der Waals surface area contributed by atoms with Gasteiger partial charge in [0, 0.05) is 5.92 Å². The molecule has 118 valence electrons. The molecule has 0 aromatic heterocycles. The maximum atomic E-state index is 14.0. The average Bonchev–Trinajstić information content (AvgIpc) is 2.59. The normalized spacial score (nSPS) is 24.8. The lowest BCUT2D eigenvalue weighted by Gasteiger charge is -2.33. The Bertz CT molecular complexity index is 517. The molecule has 21 heavy (non-hydrogen) atoms. The molecule has 1 heterocycles. The van der Waals surface area contributed by atoms with Crippen molar-refractivity contribution in [2.75, 3.05) is 7.11 Å². The lowest BCUT2D eigenvalue weighted by atomic mass is 9.79. The summed E-state index contributed by atoms with van der Waals surface area (Å²) in [6.07, 6.45) is 0.850. The zero-order chi connectivity index (χ0) is 15.8. The molecule has 2 unspecified atom stereocenters. The van der Waals surface area contributed by atoms with Gasteiger partial charge in [-0.25, -0.2) is 4.39 Å². The minimum atomic E-state index is -0.383. The third-order valence-electron chi connectivity index (χ3n) is 4.26. The van der Waals surface area contributed by atoms with Crippen LogP contribution in [0.4, 0.5) is 4.39 Å². The second-order valence-electron chi connectivity index (χ2n) is 6.81. The molecular formula is C16H25FN2O2. The topological polar surface area (TPSA) is 56.5 Å². The van der Waals surface area contributed by atoms with E-state index in [0.717, 1.165) is 12.0 Å². The van der Waals surface area contributed by atoms with Crippen molar-refractivity contribution in [3.63, 3.8) is 0 Å². The number of rotatable bonds is 4. The highest BCUT2D eigenvalue weighted by Gasteiger charge is 2.49. The first-order valence-corrected chi connectivity index (χ1v) is 7.20. The van der Waals surface area contributed by atoms with Crippen molar-refractivity contribution < 1.29 is 13.9 Å². The van der Waals surface area contributed by atoms with Gasteiger partial charge < -0.3 is 9.47 Å². The van der Waals surface area contributed by atoms with Crippen LogP contribution in [0.25, 0.3) is 0 Å². The second-order valence-corrected chi connectivity index (χ2v) is 6.81. The number of hydrogen-bond acceptors (Lipinski definition) is 4. The van der Waals surface area contributed by atoms with Gasteiger partial charge in [0.2, 0.25) is 0 Å². The van der Waals surface area contributed by atoms with Crippen LogP contribution >= 0.6 is 0 Å². The standard InChI is InChI=1S/C16H25FN2O2/c1-15(2)9-11(16(3,4)21-15)14(19-18)10-6-7-13(20-5)12(17)8-10/h6-8,11,14,19H,9,18H2,1-5H3. The molecule has 0 aliphatic carbocycles. The summed E-state index contributed by atoms with van der Waals surface area (Å²) in [6, 6.07) is 4.77.